The standard InChI is InChI=1S/C30H35N3O3S/c1-8-11-33-25-13-19(3)22(14-23(25)21(5)16-30(33,6)7)15-26-28(35)32(29(36)37-26)17-27(34)31-24-10-9-18(2)12-20(24)4/h9-10,12-16H,8,11,17H2,1-7H3,(H,31,34)/b26-15+. The normalized spacial score (nSPS) is 17.8. The van der Waals surface area contributed by atoms with Crippen LogP contribution < -0.4 is 10.2 Å². The van der Waals surface area contributed by atoms with E-state index in [4.69, 9.17) is 0 Å². The zero-order valence-electron chi connectivity index (χ0n) is 22.7. The number of nitrogens with zero attached hydrogens (tertiary/aromatic N) is 2. The van der Waals surface area contributed by atoms with Crippen LogP contribution in [0.1, 0.15) is 61.9 Å². The van der Waals surface area contributed by atoms with Crippen LogP contribution >= 0.6 is 11.8 Å². The molecule has 7 heteroatoms. The summed E-state index contributed by atoms with van der Waals surface area (Å²) < 4.78 is 0. The molecule has 194 valence electrons. The molecule has 0 spiro atoms. The van der Waals surface area contributed by atoms with Gasteiger partial charge < -0.3 is 10.2 Å². The molecular weight excluding hydrogens is 482 g/mol. The van der Waals surface area contributed by atoms with Gasteiger partial charge in [-0.15, -0.1) is 0 Å². The third-order valence-electron chi connectivity index (χ3n) is 6.93. The zero-order chi connectivity index (χ0) is 27.1. The summed E-state index contributed by atoms with van der Waals surface area (Å²) in [5.74, 6) is -0.844. The van der Waals surface area contributed by atoms with Crippen LogP contribution in [0.15, 0.2) is 41.3 Å². The lowest BCUT2D eigenvalue weighted by molar-refractivity contribution is -0.127. The molecule has 0 saturated carbocycles. The minimum Gasteiger partial charge on any atom is -0.362 e. The fourth-order valence-electron chi connectivity index (χ4n) is 5.10. The molecule has 0 aliphatic carbocycles. The van der Waals surface area contributed by atoms with Gasteiger partial charge in [-0.2, -0.15) is 0 Å². The Balaban J connectivity index is 1.57. The van der Waals surface area contributed by atoms with Crippen LogP contribution in [-0.4, -0.2) is 40.6 Å². The van der Waals surface area contributed by atoms with E-state index >= 15 is 0 Å². The number of hydrogen-bond acceptors (Lipinski definition) is 5. The van der Waals surface area contributed by atoms with E-state index in [2.05, 4.69) is 56.1 Å². The van der Waals surface area contributed by atoms with Gasteiger partial charge in [0, 0.05) is 23.5 Å². The Hall–Kier alpha value is -3.32. The van der Waals surface area contributed by atoms with Gasteiger partial charge in [0.15, 0.2) is 0 Å². The maximum Gasteiger partial charge on any atom is 0.294 e. The molecule has 4 rings (SSSR count). The minimum atomic E-state index is -0.441. The molecule has 2 heterocycles. The largest absolute Gasteiger partial charge is 0.362 e. The quantitative estimate of drug-likeness (QED) is 0.432. The van der Waals surface area contributed by atoms with E-state index in [1.807, 2.05) is 39.0 Å². The Morgan fingerprint density at radius 1 is 1.05 bits per heavy atom. The summed E-state index contributed by atoms with van der Waals surface area (Å²) in [7, 11) is 0. The number of amides is 3. The van der Waals surface area contributed by atoms with Crippen LogP contribution in [0.5, 0.6) is 0 Å². The first-order chi connectivity index (χ1) is 17.4. The second-order valence-electron chi connectivity index (χ2n) is 10.5. The summed E-state index contributed by atoms with van der Waals surface area (Å²) in [4.78, 5) is 42.2. The fraction of sp³-hybridized carbons (Fsp3) is 0.367. The Morgan fingerprint density at radius 3 is 2.46 bits per heavy atom. The van der Waals surface area contributed by atoms with Gasteiger partial charge in [-0.05, 0) is 106 Å². The minimum absolute atomic E-state index is 0.0819. The summed E-state index contributed by atoms with van der Waals surface area (Å²) >= 11 is 0.879. The lowest BCUT2D eigenvalue weighted by Crippen LogP contribution is -2.45. The number of anilines is 2. The van der Waals surface area contributed by atoms with E-state index < -0.39 is 17.1 Å². The SMILES string of the molecule is CCCN1c2cc(C)c(/C=C3/SC(=O)N(CC(=O)Nc4ccc(C)cc4C)C3=O)cc2C(C)=CC1(C)C. The van der Waals surface area contributed by atoms with E-state index in [0.29, 0.717) is 10.6 Å². The molecule has 1 saturated heterocycles. The van der Waals surface area contributed by atoms with Crippen molar-refractivity contribution in [2.24, 2.45) is 0 Å². The van der Waals surface area contributed by atoms with Gasteiger partial charge in [0.05, 0.1) is 10.4 Å². The lowest BCUT2D eigenvalue weighted by Gasteiger charge is -2.43. The second-order valence-corrected chi connectivity index (χ2v) is 11.5. The number of carbonyl (C=O) groups is 3. The van der Waals surface area contributed by atoms with Crippen LogP contribution in [0.25, 0.3) is 11.6 Å². The number of thioether (sulfide) groups is 1. The number of carbonyl (C=O) groups excluding carboxylic acids is 3. The topological polar surface area (TPSA) is 69.7 Å². The molecule has 2 aliphatic heterocycles. The summed E-state index contributed by atoms with van der Waals surface area (Å²) in [5, 5.41) is 2.38. The molecule has 6 nitrogen and oxygen atoms in total. The second kappa shape index (κ2) is 10.2. The van der Waals surface area contributed by atoms with E-state index in [1.54, 1.807) is 6.08 Å². The predicted octanol–water partition coefficient (Wildman–Crippen LogP) is 6.70. The molecule has 0 unspecified atom stereocenters. The van der Waals surface area contributed by atoms with Gasteiger partial charge in [0.25, 0.3) is 11.1 Å². The molecule has 1 fully saturated rings. The molecule has 0 aromatic heterocycles. The first kappa shape index (κ1) is 26.7. The number of imide groups is 1. The van der Waals surface area contributed by atoms with Gasteiger partial charge in [-0.1, -0.05) is 30.7 Å². The molecule has 1 N–H and O–H groups in total. The first-order valence-electron chi connectivity index (χ1n) is 12.7. The molecule has 0 bridgehead atoms. The highest BCUT2D eigenvalue weighted by Gasteiger charge is 2.37. The van der Waals surface area contributed by atoms with Crippen LogP contribution in [0, 0.1) is 20.8 Å². The van der Waals surface area contributed by atoms with Gasteiger partial charge >= 0.3 is 0 Å². The molecule has 3 amide bonds. The van der Waals surface area contributed by atoms with Crippen molar-refractivity contribution in [1.82, 2.24) is 4.90 Å². The number of aryl methyl sites for hydroxylation is 3. The third kappa shape index (κ3) is 5.37. The van der Waals surface area contributed by atoms with Crippen LogP contribution in [0.2, 0.25) is 0 Å². The van der Waals surface area contributed by atoms with Crippen molar-refractivity contribution in [3.63, 3.8) is 0 Å². The highest BCUT2D eigenvalue weighted by Crippen LogP contribution is 2.41. The van der Waals surface area contributed by atoms with Crippen molar-refractivity contribution >= 4 is 51.8 Å². The number of benzene rings is 2. The molecular formula is C30H35N3O3S. The van der Waals surface area contributed by atoms with Crippen LogP contribution in [0.3, 0.4) is 0 Å². The Bertz CT molecular complexity index is 1360. The third-order valence-corrected chi connectivity index (χ3v) is 7.84. The van der Waals surface area contributed by atoms with Crippen molar-refractivity contribution in [2.45, 2.75) is 60.4 Å². The molecule has 37 heavy (non-hydrogen) atoms. The zero-order valence-corrected chi connectivity index (χ0v) is 23.5. The Labute approximate surface area is 223 Å². The first-order valence-corrected chi connectivity index (χ1v) is 13.5. The van der Waals surface area contributed by atoms with E-state index in [1.165, 1.54) is 11.3 Å². The smallest absolute Gasteiger partial charge is 0.294 e. The molecule has 2 aromatic carbocycles. The summed E-state index contributed by atoms with van der Waals surface area (Å²) in [6, 6.07) is 9.99. The van der Waals surface area contributed by atoms with Crippen LogP contribution in [0.4, 0.5) is 16.2 Å². The summed E-state index contributed by atoms with van der Waals surface area (Å²) in [6.45, 7) is 15.3. The molecule has 0 atom stereocenters. The number of nitrogens with one attached hydrogen (secondary N) is 1. The van der Waals surface area contributed by atoms with Gasteiger partial charge in [0.1, 0.15) is 6.54 Å². The van der Waals surface area contributed by atoms with E-state index in [-0.39, 0.29) is 12.1 Å². The fourth-order valence-corrected chi connectivity index (χ4v) is 5.93. The average molecular weight is 518 g/mol. The lowest BCUT2D eigenvalue weighted by atomic mass is 9.86. The van der Waals surface area contributed by atoms with Gasteiger partial charge in [-0.25, -0.2) is 0 Å². The van der Waals surface area contributed by atoms with Crippen molar-refractivity contribution in [3.05, 3.63) is 69.1 Å². The molecule has 0 radical (unpaired) electrons. The van der Waals surface area contributed by atoms with Gasteiger partial charge in [-0.3, -0.25) is 19.3 Å². The van der Waals surface area contributed by atoms with Crippen molar-refractivity contribution < 1.29 is 14.4 Å². The van der Waals surface area contributed by atoms with Crippen LogP contribution in [-0.2, 0) is 9.59 Å². The highest BCUT2D eigenvalue weighted by atomic mass is 32.2. The number of fused-ring (bicyclic) bond motifs is 1. The monoisotopic (exact) mass is 517 g/mol. The summed E-state index contributed by atoms with van der Waals surface area (Å²) in [6.07, 6.45) is 5.10. The van der Waals surface area contributed by atoms with Gasteiger partial charge in [0.2, 0.25) is 5.91 Å². The van der Waals surface area contributed by atoms with E-state index in [0.717, 1.165) is 57.4 Å². The Kier molecular flexibility index (Phi) is 7.38. The predicted molar refractivity (Wildman–Crippen MR) is 154 cm³/mol. The Morgan fingerprint density at radius 2 is 1.78 bits per heavy atom. The maximum atomic E-state index is 13.1. The maximum absolute atomic E-state index is 13.1. The highest BCUT2D eigenvalue weighted by molar-refractivity contribution is 8.18. The number of hydrogen-bond donors (Lipinski definition) is 1. The van der Waals surface area contributed by atoms with Crippen molar-refractivity contribution in [3.8, 4) is 0 Å². The summed E-state index contributed by atoms with van der Waals surface area (Å²) in [5.41, 5.74) is 8.06. The molecule has 2 aliphatic rings. The van der Waals surface area contributed by atoms with Crippen molar-refractivity contribution in [2.75, 3.05) is 23.3 Å². The van der Waals surface area contributed by atoms with Crippen molar-refractivity contribution in [1.29, 1.82) is 0 Å². The molecule has 2 aromatic rings. The van der Waals surface area contributed by atoms with E-state index in [9.17, 15) is 14.4 Å². The average Bonchev–Trinajstić information content (AvgIpc) is 3.06. The number of rotatable bonds is 6. The number of allylic oxidation sites excluding steroid dienone is 1.